The normalized spacial score (nSPS) is 16.1. The Balaban J connectivity index is 1.97. The van der Waals surface area contributed by atoms with Gasteiger partial charge in [-0.25, -0.2) is 9.78 Å². The first-order valence-electron chi connectivity index (χ1n) is 7.00. The molecule has 0 amide bonds. The number of fused-ring (bicyclic) bond motifs is 1. The van der Waals surface area contributed by atoms with Gasteiger partial charge in [-0.05, 0) is 36.8 Å². The summed E-state index contributed by atoms with van der Waals surface area (Å²) in [6.45, 7) is 3.11. The standard InChI is InChI=1S/C16H18N2O2/c1-2-16(7-8-16)10-17-13-9-14(15(19)20)18-12-6-4-3-5-11(12)13/h3-6,9H,2,7-8,10H2,1H3,(H,17,18)(H,19,20). The molecule has 0 aliphatic heterocycles. The summed E-state index contributed by atoms with van der Waals surface area (Å²) >= 11 is 0. The average molecular weight is 270 g/mol. The number of para-hydroxylation sites is 1. The summed E-state index contributed by atoms with van der Waals surface area (Å²) in [6, 6.07) is 9.28. The van der Waals surface area contributed by atoms with Crippen LogP contribution in [0.4, 0.5) is 5.69 Å². The summed E-state index contributed by atoms with van der Waals surface area (Å²) in [6.07, 6.45) is 3.67. The third kappa shape index (κ3) is 2.33. The molecule has 4 heteroatoms. The molecule has 0 spiro atoms. The number of hydrogen-bond donors (Lipinski definition) is 2. The maximum atomic E-state index is 11.2. The Hall–Kier alpha value is -2.10. The van der Waals surface area contributed by atoms with Gasteiger partial charge >= 0.3 is 5.97 Å². The zero-order chi connectivity index (χ0) is 14.2. The Kier molecular flexibility index (Phi) is 3.08. The lowest BCUT2D eigenvalue weighted by Crippen LogP contribution is -2.15. The van der Waals surface area contributed by atoms with Crippen LogP contribution in [0.3, 0.4) is 0 Å². The third-order valence-corrected chi connectivity index (χ3v) is 4.30. The molecule has 1 saturated carbocycles. The predicted molar refractivity (Wildman–Crippen MR) is 79.2 cm³/mol. The summed E-state index contributed by atoms with van der Waals surface area (Å²) in [4.78, 5) is 15.4. The molecule has 20 heavy (non-hydrogen) atoms. The summed E-state index contributed by atoms with van der Waals surface area (Å²) in [5, 5.41) is 13.6. The predicted octanol–water partition coefficient (Wildman–Crippen LogP) is 3.54. The van der Waals surface area contributed by atoms with Crippen molar-refractivity contribution in [1.82, 2.24) is 4.98 Å². The fourth-order valence-electron chi connectivity index (χ4n) is 2.55. The second-order valence-electron chi connectivity index (χ2n) is 5.58. The van der Waals surface area contributed by atoms with Crippen molar-refractivity contribution in [2.75, 3.05) is 11.9 Å². The van der Waals surface area contributed by atoms with Gasteiger partial charge in [-0.1, -0.05) is 25.1 Å². The van der Waals surface area contributed by atoms with Crippen LogP contribution < -0.4 is 5.32 Å². The molecule has 1 aromatic heterocycles. The number of benzene rings is 1. The summed E-state index contributed by atoms with van der Waals surface area (Å²) in [5.74, 6) is -0.990. The summed E-state index contributed by atoms with van der Waals surface area (Å²) in [5.41, 5.74) is 2.09. The smallest absolute Gasteiger partial charge is 0.354 e. The zero-order valence-electron chi connectivity index (χ0n) is 11.5. The van der Waals surface area contributed by atoms with Gasteiger partial charge in [0, 0.05) is 17.6 Å². The number of aromatic nitrogens is 1. The SMILES string of the molecule is CCC1(CNc2cc(C(=O)O)nc3ccccc23)CC1. The highest BCUT2D eigenvalue weighted by atomic mass is 16.4. The number of rotatable bonds is 5. The van der Waals surface area contributed by atoms with Crippen LogP contribution in [-0.4, -0.2) is 22.6 Å². The van der Waals surface area contributed by atoms with Gasteiger partial charge in [-0.15, -0.1) is 0 Å². The third-order valence-electron chi connectivity index (χ3n) is 4.30. The minimum atomic E-state index is -0.990. The summed E-state index contributed by atoms with van der Waals surface area (Å²) in [7, 11) is 0. The first kappa shape index (κ1) is 12.9. The van der Waals surface area contributed by atoms with Crippen LogP contribution in [0.5, 0.6) is 0 Å². The van der Waals surface area contributed by atoms with Crippen LogP contribution in [0.2, 0.25) is 0 Å². The largest absolute Gasteiger partial charge is 0.477 e. The van der Waals surface area contributed by atoms with Gasteiger partial charge in [-0.2, -0.15) is 0 Å². The zero-order valence-corrected chi connectivity index (χ0v) is 11.5. The van der Waals surface area contributed by atoms with Crippen molar-refractivity contribution in [3.8, 4) is 0 Å². The van der Waals surface area contributed by atoms with Crippen LogP contribution in [0.25, 0.3) is 10.9 Å². The van der Waals surface area contributed by atoms with E-state index in [1.165, 1.54) is 12.8 Å². The van der Waals surface area contributed by atoms with E-state index in [1.807, 2.05) is 24.3 Å². The second-order valence-corrected chi connectivity index (χ2v) is 5.58. The van der Waals surface area contributed by atoms with Gasteiger partial charge in [0.2, 0.25) is 0 Å². The molecular formula is C16H18N2O2. The first-order chi connectivity index (χ1) is 9.63. The summed E-state index contributed by atoms with van der Waals surface area (Å²) < 4.78 is 0. The second kappa shape index (κ2) is 4.78. The van der Waals surface area contributed by atoms with Crippen LogP contribution in [-0.2, 0) is 0 Å². The van der Waals surface area contributed by atoms with E-state index in [2.05, 4.69) is 17.2 Å². The van der Waals surface area contributed by atoms with E-state index in [1.54, 1.807) is 6.07 Å². The molecule has 104 valence electrons. The van der Waals surface area contributed by atoms with Gasteiger partial charge in [0.1, 0.15) is 0 Å². The van der Waals surface area contributed by atoms with E-state index >= 15 is 0 Å². The number of nitrogens with zero attached hydrogens (tertiary/aromatic N) is 1. The number of carboxylic acids is 1. The van der Waals surface area contributed by atoms with Crippen molar-refractivity contribution in [3.63, 3.8) is 0 Å². The maximum Gasteiger partial charge on any atom is 0.354 e. The molecule has 1 aliphatic rings. The Morgan fingerprint density at radius 2 is 2.15 bits per heavy atom. The molecule has 2 N–H and O–H groups in total. The quantitative estimate of drug-likeness (QED) is 0.872. The Morgan fingerprint density at radius 3 is 2.80 bits per heavy atom. The molecule has 1 aromatic carbocycles. The van der Waals surface area contributed by atoms with Gasteiger partial charge < -0.3 is 10.4 Å². The molecule has 0 bridgehead atoms. The van der Waals surface area contributed by atoms with Crippen LogP contribution in [0.1, 0.15) is 36.7 Å². The lowest BCUT2D eigenvalue weighted by atomic mass is 10.0. The lowest BCUT2D eigenvalue weighted by Gasteiger charge is -2.16. The fraction of sp³-hybridized carbons (Fsp3) is 0.375. The molecule has 4 nitrogen and oxygen atoms in total. The number of anilines is 1. The molecule has 0 radical (unpaired) electrons. The molecule has 1 aliphatic carbocycles. The van der Waals surface area contributed by atoms with Crippen LogP contribution >= 0.6 is 0 Å². The van der Waals surface area contributed by atoms with Gasteiger partial charge in [0.05, 0.1) is 5.52 Å². The topological polar surface area (TPSA) is 62.2 Å². The Morgan fingerprint density at radius 1 is 1.40 bits per heavy atom. The van der Waals surface area contributed by atoms with E-state index in [4.69, 9.17) is 5.11 Å². The number of carboxylic acid groups (broad SMARTS) is 1. The minimum Gasteiger partial charge on any atom is -0.477 e. The monoisotopic (exact) mass is 270 g/mol. The highest BCUT2D eigenvalue weighted by Gasteiger charge is 2.40. The molecule has 3 rings (SSSR count). The highest BCUT2D eigenvalue weighted by molar-refractivity contribution is 5.97. The van der Waals surface area contributed by atoms with Gasteiger partial charge in [-0.3, -0.25) is 0 Å². The van der Waals surface area contributed by atoms with Crippen LogP contribution in [0.15, 0.2) is 30.3 Å². The highest BCUT2D eigenvalue weighted by Crippen LogP contribution is 2.48. The van der Waals surface area contributed by atoms with Gasteiger partial charge in [0.15, 0.2) is 5.69 Å². The van der Waals surface area contributed by atoms with Crippen molar-refractivity contribution in [2.45, 2.75) is 26.2 Å². The van der Waals surface area contributed by atoms with Crippen molar-refractivity contribution >= 4 is 22.6 Å². The Labute approximate surface area is 117 Å². The molecule has 2 aromatic rings. The van der Waals surface area contributed by atoms with E-state index in [9.17, 15) is 4.79 Å². The van der Waals surface area contributed by atoms with Crippen molar-refractivity contribution in [2.24, 2.45) is 5.41 Å². The number of pyridine rings is 1. The molecule has 0 atom stereocenters. The van der Waals surface area contributed by atoms with Crippen LogP contribution in [0, 0.1) is 5.41 Å². The number of nitrogens with one attached hydrogen (secondary N) is 1. The van der Waals surface area contributed by atoms with Crippen molar-refractivity contribution < 1.29 is 9.90 Å². The average Bonchev–Trinajstić information content (AvgIpc) is 3.25. The molecular weight excluding hydrogens is 252 g/mol. The number of carbonyl (C=O) groups is 1. The first-order valence-corrected chi connectivity index (χ1v) is 7.00. The van der Waals surface area contributed by atoms with E-state index < -0.39 is 5.97 Å². The molecule has 1 fully saturated rings. The molecule has 1 heterocycles. The molecule has 0 saturated heterocycles. The minimum absolute atomic E-state index is 0.0903. The lowest BCUT2D eigenvalue weighted by molar-refractivity contribution is 0.0691. The maximum absolute atomic E-state index is 11.2. The van der Waals surface area contributed by atoms with E-state index in [-0.39, 0.29) is 5.69 Å². The van der Waals surface area contributed by atoms with E-state index in [0.29, 0.717) is 5.41 Å². The van der Waals surface area contributed by atoms with E-state index in [0.717, 1.165) is 29.6 Å². The molecule has 0 unspecified atom stereocenters. The van der Waals surface area contributed by atoms with Crippen molar-refractivity contribution in [1.29, 1.82) is 0 Å². The van der Waals surface area contributed by atoms with Crippen molar-refractivity contribution in [3.05, 3.63) is 36.0 Å². The number of aromatic carboxylic acids is 1. The fourth-order valence-corrected chi connectivity index (χ4v) is 2.55. The Bertz CT molecular complexity index is 663. The number of hydrogen-bond acceptors (Lipinski definition) is 3. The van der Waals surface area contributed by atoms with Gasteiger partial charge in [0.25, 0.3) is 0 Å².